The number of benzene rings is 1. The highest BCUT2D eigenvalue weighted by molar-refractivity contribution is 5.93. The Labute approximate surface area is 108 Å². The summed E-state index contributed by atoms with van der Waals surface area (Å²) in [5.41, 5.74) is 0. The molecule has 0 aliphatic rings. The highest BCUT2D eigenvalue weighted by atomic mass is 16.4. The second kappa shape index (κ2) is 5.34. The molecule has 0 bridgehead atoms. The molecule has 0 saturated carbocycles. The van der Waals surface area contributed by atoms with Crippen molar-refractivity contribution in [2.24, 2.45) is 0 Å². The molecule has 98 valence electrons. The second-order valence-corrected chi connectivity index (χ2v) is 4.01. The maximum absolute atomic E-state index is 11.0. The summed E-state index contributed by atoms with van der Waals surface area (Å²) in [6, 6.07) is 7.92. The maximum atomic E-state index is 11.0. The van der Waals surface area contributed by atoms with Gasteiger partial charge >= 0.3 is 11.9 Å². The van der Waals surface area contributed by atoms with Crippen LogP contribution in [0.4, 0.5) is 5.82 Å². The number of carbonyl (C=O) groups is 2. The van der Waals surface area contributed by atoms with E-state index in [1.54, 1.807) is 18.3 Å². The quantitative estimate of drug-likeness (QED) is 0.754. The summed E-state index contributed by atoms with van der Waals surface area (Å²) in [5, 5.41) is 22.0. The first kappa shape index (κ1) is 12.8. The molecule has 0 spiro atoms. The highest BCUT2D eigenvalue weighted by Crippen LogP contribution is 2.21. The van der Waals surface area contributed by atoms with Gasteiger partial charge in [-0.25, -0.2) is 9.78 Å². The van der Waals surface area contributed by atoms with Crippen LogP contribution in [0.1, 0.15) is 6.42 Å². The fraction of sp³-hybridized carbons (Fsp3) is 0.154. The Bertz CT molecular complexity index is 622. The highest BCUT2D eigenvalue weighted by Gasteiger charge is 2.21. The van der Waals surface area contributed by atoms with E-state index in [9.17, 15) is 9.59 Å². The lowest BCUT2D eigenvalue weighted by molar-refractivity contribution is -0.144. The zero-order valence-electron chi connectivity index (χ0n) is 9.91. The van der Waals surface area contributed by atoms with Crippen molar-refractivity contribution in [3.05, 3.63) is 36.5 Å². The van der Waals surface area contributed by atoms with Crippen molar-refractivity contribution in [2.45, 2.75) is 12.5 Å². The van der Waals surface area contributed by atoms with Crippen LogP contribution in [-0.4, -0.2) is 33.2 Å². The molecule has 0 fully saturated rings. The van der Waals surface area contributed by atoms with Crippen molar-refractivity contribution in [1.29, 1.82) is 0 Å². The van der Waals surface area contributed by atoms with E-state index in [2.05, 4.69) is 10.3 Å². The lowest BCUT2D eigenvalue weighted by atomic mass is 10.1. The van der Waals surface area contributed by atoms with E-state index in [4.69, 9.17) is 10.2 Å². The molecule has 0 aliphatic carbocycles. The van der Waals surface area contributed by atoms with Gasteiger partial charge in [-0.1, -0.05) is 24.3 Å². The number of hydrogen-bond acceptors (Lipinski definition) is 4. The molecule has 0 radical (unpaired) electrons. The van der Waals surface area contributed by atoms with Gasteiger partial charge in [0, 0.05) is 11.6 Å². The number of nitrogens with zero attached hydrogens (tertiary/aromatic N) is 1. The maximum Gasteiger partial charge on any atom is 0.326 e. The van der Waals surface area contributed by atoms with Crippen molar-refractivity contribution in [3.63, 3.8) is 0 Å². The Kier molecular flexibility index (Phi) is 3.61. The third-order valence-corrected chi connectivity index (χ3v) is 2.66. The van der Waals surface area contributed by atoms with Gasteiger partial charge < -0.3 is 15.5 Å². The Hall–Kier alpha value is -2.63. The van der Waals surface area contributed by atoms with E-state index in [1.807, 2.05) is 18.2 Å². The summed E-state index contributed by atoms with van der Waals surface area (Å²) in [6.07, 6.45) is 1.03. The van der Waals surface area contributed by atoms with Gasteiger partial charge in [0.15, 0.2) is 0 Å². The Balaban J connectivity index is 2.33. The van der Waals surface area contributed by atoms with Crippen molar-refractivity contribution in [1.82, 2.24) is 4.98 Å². The van der Waals surface area contributed by atoms with Crippen LogP contribution in [0.2, 0.25) is 0 Å². The number of carboxylic acids is 2. The Morgan fingerprint density at radius 1 is 1.21 bits per heavy atom. The van der Waals surface area contributed by atoms with Crippen molar-refractivity contribution >= 4 is 28.5 Å². The molecule has 1 atom stereocenters. The summed E-state index contributed by atoms with van der Waals surface area (Å²) < 4.78 is 0. The van der Waals surface area contributed by atoms with E-state index >= 15 is 0 Å². The molecule has 2 aromatic rings. The predicted octanol–water partition coefficient (Wildman–Crippen LogP) is 1.57. The number of aliphatic carboxylic acids is 2. The number of hydrogen-bond donors (Lipinski definition) is 3. The molecule has 6 nitrogen and oxygen atoms in total. The molecule has 0 saturated heterocycles. The topological polar surface area (TPSA) is 99.5 Å². The number of anilines is 1. The van der Waals surface area contributed by atoms with Crippen LogP contribution in [0.15, 0.2) is 36.5 Å². The van der Waals surface area contributed by atoms with Crippen molar-refractivity contribution < 1.29 is 19.8 Å². The fourth-order valence-corrected chi connectivity index (χ4v) is 1.77. The largest absolute Gasteiger partial charge is 0.481 e. The molecule has 0 amide bonds. The zero-order valence-corrected chi connectivity index (χ0v) is 9.91. The van der Waals surface area contributed by atoms with Crippen LogP contribution in [0.5, 0.6) is 0 Å². The molecule has 1 heterocycles. The first-order chi connectivity index (χ1) is 9.08. The minimum absolute atomic E-state index is 0.367. The van der Waals surface area contributed by atoms with Crippen LogP contribution in [-0.2, 0) is 9.59 Å². The van der Waals surface area contributed by atoms with E-state index in [0.29, 0.717) is 5.82 Å². The number of rotatable bonds is 5. The van der Waals surface area contributed by atoms with Crippen LogP contribution >= 0.6 is 0 Å². The molecular formula is C13H12N2O4. The summed E-state index contributed by atoms with van der Waals surface area (Å²) in [7, 11) is 0. The van der Waals surface area contributed by atoms with Gasteiger partial charge in [0.05, 0.1) is 6.42 Å². The SMILES string of the molecule is O=C(O)CC(Nc1nccc2ccccc12)C(=O)O. The summed E-state index contributed by atoms with van der Waals surface area (Å²) in [4.78, 5) is 25.7. The first-order valence-corrected chi connectivity index (χ1v) is 5.63. The average Bonchev–Trinajstić information content (AvgIpc) is 2.37. The molecule has 6 heteroatoms. The van der Waals surface area contributed by atoms with Crippen LogP contribution in [0.25, 0.3) is 10.8 Å². The molecular weight excluding hydrogens is 248 g/mol. The standard InChI is InChI=1S/C13H12N2O4/c16-11(17)7-10(13(18)19)15-12-9-4-2-1-3-8(9)5-6-14-12/h1-6,10H,7H2,(H,14,15)(H,16,17)(H,18,19). The lowest BCUT2D eigenvalue weighted by Gasteiger charge is -2.14. The summed E-state index contributed by atoms with van der Waals surface area (Å²) in [6.45, 7) is 0. The van der Waals surface area contributed by atoms with Gasteiger partial charge in [0.2, 0.25) is 0 Å². The molecule has 1 aromatic carbocycles. The number of carboxylic acid groups (broad SMARTS) is 2. The van der Waals surface area contributed by atoms with Crippen LogP contribution < -0.4 is 5.32 Å². The van der Waals surface area contributed by atoms with Gasteiger partial charge in [-0.05, 0) is 11.5 Å². The zero-order chi connectivity index (χ0) is 13.8. The van der Waals surface area contributed by atoms with Crippen LogP contribution in [0, 0.1) is 0 Å². The summed E-state index contributed by atoms with van der Waals surface area (Å²) >= 11 is 0. The second-order valence-electron chi connectivity index (χ2n) is 4.01. The summed E-state index contributed by atoms with van der Waals surface area (Å²) in [5.74, 6) is -2.04. The monoisotopic (exact) mass is 260 g/mol. The van der Waals surface area contributed by atoms with E-state index in [1.165, 1.54) is 0 Å². The number of pyridine rings is 1. The third-order valence-electron chi connectivity index (χ3n) is 2.66. The molecule has 3 N–H and O–H groups in total. The lowest BCUT2D eigenvalue weighted by Crippen LogP contribution is -2.32. The van der Waals surface area contributed by atoms with Crippen molar-refractivity contribution in [2.75, 3.05) is 5.32 Å². The van der Waals surface area contributed by atoms with Crippen LogP contribution in [0.3, 0.4) is 0 Å². The van der Waals surface area contributed by atoms with Gasteiger partial charge in [-0.3, -0.25) is 4.79 Å². The van der Waals surface area contributed by atoms with E-state index < -0.39 is 24.4 Å². The van der Waals surface area contributed by atoms with Gasteiger partial charge in [-0.2, -0.15) is 0 Å². The smallest absolute Gasteiger partial charge is 0.326 e. The minimum atomic E-state index is -1.22. The van der Waals surface area contributed by atoms with Gasteiger partial charge in [0.25, 0.3) is 0 Å². The predicted molar refractivity (Wildman–Crippen MR) is 69.0 cm³/mol. The first-order valence-electron chi connectivity index (χ1n) is 5.63. The fourth-order valence-electron chi connectivity index (χ4n) is 1.77. The number of aromatic nitrogens is 1. The normalized spacial score (nSPS) is 12.0. The average molecular weight is 260 g/mol. The van der Waals surface area contributed by atoms with E-state index in [-0.39, 0.29) is 0 Å². The molecule has 1 unspecified atom stereocenters. The molecule has 19 heavy (non-hydrogen) atoms. The van der Waals surface area contributed by atoms with Crippen molar-refractivity contribution in [3.8, 4) is 0 Å². The minimum Gasteiger partial charge on any atom is -0.481 e. The number of fused-ring (bicyclic) bond motifs is 1. The molecule has 0 aliphatic heterocycles. The molecule has 2 rings (SSSR count). The Morgan fingerprint density at radius 3 is 2.63 bits per heavy atom. The number of nitrogens with one attached hydrogen (secondary N) is 1. The van der Waals surface area contributed by atoms with Gasteiger partial charge in [0.1, 0.15) is 11.9 Å². The van der Waals surface area contributed by atoms with Gasteiger partial charge in [-0.15, -0.1) is 0 Å². The molecule has 1 aromatic heterocycles. The van der Waals surface area contributed by atoms with E-state index in [0.717, 1.165) is 10.8 Å². The Morgan fingerprint density at radius 2 is 1.95 bits per heavy atom. The third kappa shape index (κ3) is 2.98.